The molecule has 0 aromatic heterocycles. The second-order valence-corrected chi connectivity index (χ2v) is 6.66. The van der Waals surface area contributed by atoms with Gasteiger partial charge < -0.3 is 9.57 Å². The van der Waals surface area contributed by atoms with E-state index in [1.807, 2.05) is 78.9 Å². The lowest BCUT2D eigenvalue weighted by Crippen LogP contribution is -2.06. The molecule has 1 heterocycles. The molecular weight excluding hydrogens is 374 g/mol. The van der Waals surface area contributed by atoms with Gasteiger partial charge >= 0.3 is 5.97 Å². The highest BCUT2D eigenvalue weighted by atomic mass is 35.5. The first-order chi connectivity index (χ1) is 13.7. The Hall–Kier alpha value is -3.37. The molecule has 0 radical (unpaired) electrons. The molecule has 1 aliphatic rings. The first-order valence-corrected chi connectivity index (χ1v) is 9.11. The Morgan fingerprint density at radius 3 is 2.36 bits per heavy atom. The predicted octanol–water partition coefficient (Wildman–Crippen LogP) is 5.26. The summed E-state index contributed by atoms with van der Waals surface area (Å²) in [5, 5.41) is 4.62. The summed E-state index contributed by atoms with van der Waals surface area (Å²) >= 11 is 5.89. The van der Waals surface area contributed by atoms with Gasteiger partial charge in [0, 0.05) is 10.6 Å². The highest BCUT2D eigenvalue weighted by Gasteiger charge is 2.26. The number of nitrogens with zero attached hydrogens (tertiary/aromatic N) is 1. The van der Waals surface area contributed by atoms with Crippen LogP contribution >= 0.6 is 11.6 Å². The summed E-state index contributed by atoms with van der Waals surface area (Å²) in [5.41, 5.74) is 3.70. The van der Waals surface area contributed by atoms with Crippen molar-refractivity contribution >= 4 is 29.4 Å². The molecule has 0 N–H and O–H groups in total. The van der Waals surface area contributed by atoms with Gasteiger partial charge in [-0.15, -0.1) is 0 Å². The Bertz CT molecular complexity index is 1040. The van der Waals surface area contributed by atoms with E-state index in [1.165, 1.54) is 0 Å². The van der Waals surface area contributed by atoms with Gasteiger partial charge in [0.05, 0.1) is 5.57 Å². The lowest BCUT2D eigenvalue weighted by atomic mass is 10.0. The highest BCUT2D eigenvalue weighted by Crippen LogP contribution is 2.22. The molecule has 138 valence electrons. The van der Waals surface area contributed by atoms with Gasteiger partial charge in [-0.1, -0.05) is 71.4 Å². The zero-order valence-electron chi connectivity index (χ0n) is 14.8. The van der Waals surface area contributed by atoms with E-state index in [2.05, 4.69) is 5.16 Å². The monoisotopic (exact) mass is 389 g/mol. The molecule has 0 atom stereocenters. The van der Waals surface area contributed by atoms with Crippen molar-refractivity contribution in [3.63, 3.8) is 0 Å². The van der Waals surface area contributed by atoms with E-state index < -0.39 is 5.97 Å². The Labute approximate surface area is 167 Å². The quantitative estimate of drug-likeness (QED) is 0.441. The van der Waals surface area contributed by atoms with Gasteiger partial charge in [-0.3, -0.25) is 0 Å². The van der Waals surface area contributed by atoms with Crippen molar-refractivity contribution in [1.82, 2.24) is 0 Å². The van der Waals surface area contributed by atoms with Gasteiger partial charge in [-0.25, -0.2) is 4.79 Å². The SMILES string of the molecule is O=C1ON=C(c2ccccc2)/C1=C/c1ccc(OCc2ccc(Cl)cc2)cc1. The normalized spacial score (nSPS) is 14.7. The molecule has 5 heteroatoms. The van der Waals surface area contributed by atoms with Crippen molar-refractivity contribution in [2.24, 2.45) is 5.16 Å². The van der Waals surface area contributed by atoms with Gasteiger partial charge in [0.15, 0.2) is 0 Å². The Balaban J connectivity index is 1.48. The lowest BCUT2D eigenvalue weighted by molar-refractivity contribution is -0.136. The number of ether oxygens (including phenoxy) is 1. The topological polar surface area (TPSA) is 47.9 Å². The molecule has 3 aromatic carbocycles. The molecule has 0 unspecified atom stereocenters. The number of hydrogen-bond donors (Lipinski definition) is 0. The van der Waals surface area contributed by atoms with Crippen LogP contribution in [0, 0.1) is 0 Å². The van der Waals surface area contributed by atoms with Crippen LogP contribution < -0.4 is 4.74 Å². The maximum atomic E-state index is 12.1. The summed E-state index contributed by atoms with van der Waals surface area (Å²) in [5.74, 6) is 0.282. The van der Waals surface area contributed by atoms with Crippen molar-refractivity contribution in [3.05, 3.63) is 106 Å². The summed E-state index contributed by atoms with van der Waals surface area (Å²) in [7, 11) is 0. The molecule has 0 bridgehead atoms. The summed E-state index contributed by atoms with van der Waals surface area (Å²) in [6, 6.07) is 24.5. The molecule has 0 fully saturated rings. The van der Waals surface area contributed by atoms with Gasteiger partial charge in [0.25, 0.3) is 0 Å². The van der Waals surface area contributed by atoms with Crippen LogP contribution in [-0.4, -0.2) is 11.7 Å². The van der Waals surface area contributed by atoms with Crippen molar-refractivity contribution in [1.29, 1.82) is 0 Å². The fourth-order valence-electron chi connectivity index (χ4n) is 2.79. The average Bonchev–Trinajstić information content (AvgIpc) is 3.09. The zero-order chi connectivity index (χ0) is 19.3. The smallest absolute Gasteiger partial charge is 0.368 e. The number of halogens is 1. The summed E-state index contributed by atoms with van der Waals surface area (Å²) in [6.07, 6.45) is 1.77. The fraction of sp³-hybridized carbons (Fsp3) is 0.0435. The minimum atomic E-state index is -0.457. The van der Waals surface area contributed by atoms with Gasteiger partial charge in [-0.2, -0.15) is 0 Å². The molecule has 0 amide bonds. The second kappa shape index (κ2) is 8.11. The van der Waals surface area contributed by atoms with E-state index in [-0.39, 0.29) is 0 Å². The molecule has 0 aliphatic carbocycles. The van der Waals surface area contributed by atoms with E-state index >= 15 is 0 Å². The molecule has 1 aliphatic heterocycles. The zero-order valence-corrected chi connectivity index (χ0v) is 15.6. The van der Waals surface area contributed by atoms with Crippen LogP contribution in [0.5, 0.6) is 5.75 Å². The Morgan fingerprint density at radius 1 is 0.929 bits per heavy atom. The van der Waals surface area contributed by atoms with Crippen LogP contribution in [0.2, 0.25) is 5.02 Å². The first-order valence-electron chi connectivity index (χ1n) is 8.73. The molecule has 4 rings (SSSR count). The molecule has 0 saturated carbocycles. The van der Waals surface area contributed by atoms with Crippen LogP contribution in [-0.2, 0) is 16.2 Å². The Kier molecular flexibility index (Phi) is 5.22. The number of benzene rings is 3. The average molecular weight is 390 g/mol. The highest BCUT2D eigenvalue weighted by molar-refractivity contribution is 6.31. The molecular formula is C23H16ClNO3. The van der Waals surface area contributed by atoms with Gasteiger partial charge in [0.1, 0.15) is 18.1 Å². The minimum Gasteiger partial charge on any atom is -0.489 e. The number of oxime groups is 1. The van der Waals surface area contributed by atoms with Crippen LogP contribution in [0.1, 0.15) is 16.7 Å². The standard InChI is InChI=1S/C23H16ClNO3/c24-19-10-6-17(7-11-19)15-27-20-12-8-16(9-13-20)14-21-22(25-28-23(21)26)18-4-2-1-3-5-18/h1-14H,15H2/b21-14-. The maximum Gasteiger partial charge on any atom is 0.368 e. The van der Waals surface area contributed by atoms with Crippen molar-refractivity contribution in [3.8, 4) is 5.75 Å². The van der Waals surface area contributed by atoms with Crippen molar-refractivity contribution in [2.75, 3.05) is 0 Å². The van der Waals surface area contributed by atoms with Crippen molar-refractivity contribution < 1.29 is 14.4 Å². The third-order valence-corrected chi connectivity index (χ3v) is 4.50. The number of rotatable bonds is 5. The van der Waals surface area contributed by atoms with E-state index in [4.69, 9.17) is 21.2 Å². The minimum absolute atomic E-state index is 0.432. The number of hydrogen-bond acceptors (Lipinski definition) is 4. The molecule has 28 heavy (non-hydrogen) atoms. The van der Waals surface area contributed by atoms with Crippen LogP contribution in [0.4, 0.5) is 0 Å². The third-order valence-electron chi connectivity index (χ3n) is 4.25. The summed E-state index contributed by atoms with van der Waals surface area (Å²) < 4.78 is 5.79. The second-order valence-electron chi connectivity index (χ2n) is 6.23. The van der Waals surface area contributed by atoms with Gasteiger partial charge in [0.2, 0.25) is 0 Å². The van der Waals surface area contributed by atoms with Crippen LogP contribution in [0.3, 0.4) is 0 Å². The molecule has 0 spiro atoms. The maximum absolute atomic E-state index is 12.1. The fourth-order valence-corrected chi connectivity index (χ4v) is 2.91. The van der Waals surface area contributed by atoms with Gasteiger partial charge in [-0.05, 0) is 41.5 Å². The van der Waals surface area contributed by atoms with Crippen LogP contribution in [0.15, 0.2) is 89.6 Å². The Morgan fingerprint density at radius 2 is 1.64 bits per heavy atom. The van der Waals surface area contributed by atoms with E-state index in [1.54, 1.807) is 6.08 Å². The third kappa shape index (κ3) is 4.13. The first kappa shape index (κ1) is 18.0. The summed E-state index contributed by atoms with van der Waals surface area (Å²) in [6.45, 7) is 0.453. The lowest BCUT2D eigenvalue weighted by Gasteiger charge is -2.07. The number of carbonyl (C=O) groups excluding carboxylic acids is 1. The molecule has 4 nitrogen and oxygen atoms in total. The van der Waals surface area contributed by atoms with Crippen LogP contribution in [0.25, 0.3) is 6.08 Å². The van der Waals surface area contributed by atoms with E-state index in [0.29, 0.717) is 22.9 Å². The molecule has 0 saturated heterocycles. The predicted molar refractivity (Wildman–Crippen MR) is 109 cm³/mol. The number of carbonyl (C=O) groups is 1. The summed E-state index contributed by atoms with van der Waals surface area (Å²) in [4.78, 5) is 16.9. The van der Waals surface area contributed by atoms with Crippen molar-refractivity contribution in [2.45, 2.75) is 6.61 Å². The van der Waals surface area contributed by atoms with E-state index in [9.17, 15) is 4.79 Å². The van der Waals surface area contributed by atoms with E-state index in [0.717, 1.165) is 22.4 Å². The molecule has 3 aromatic rings. The largest absolute Gasteiger partial charge is 0.489 e.